The molecule has 0 radical (unpaired) electrons. The summed E-state index contributed by atoms with van der Waals surface area (Å²) in [6, 6.07) is 0.762. The van der Waals surface area contributed by atoms with Gasteiger partial charge in [-0.2, -0.15) is 11.8 Å². The summed E-state index contributed by atoms with van der Waals surface area (Å²) in [7, 11) is 0. The van der Waals surface area contributed by atoms with E-state index in [9.17, 15) is 0 Å². The van der Waals surface area contributed by atoms with Crippen molar-refractivity contribution in [2.45, 2.75) is 76.0 Å². The first-order valence-corrected chi connectivity index (χ1v) is 8.62. The van der Waals surface area contributed by atoms with Crippen LogP contribution < -0.4 is 5.32 Å². The van der Waals surface area contributed by atoms with Crippen LogP contribution in [0.5, 0.6) is 0 Å². The molecule has 0 aromatic carbocycles. The van der Waals surface area contributed by atoms with Crippen molar-refractivity contribution in [2.75, 3.05) is 12.3 Å². The molecule has 1 aliphatic heterocycles. The van der Waals surface area contributed by atoms with Crippen LogP contribution in [0, 0.1) is 5.92 Å². The molecule has 100 valence electrons. The van der Waals surface area contributed by atoms with Gasteiger partial charge >= 0.3 is 0 Å². The predicted octanol–water partition coefficient (Wildman–Crippen LogP) is 4.22. The molecule has 0 bridgehead atoms. The van der Waals surface area contributed by atoms with Crippen molar-refractivity contribution < 1.29 is 0 Å². The first-order chi connectivity index (χ1) is 8.26. The van der Waals surface area contributed by atoms with Gasteiger partial charge < -0.3 is 5.32 Å². The Labute approximate surface area is 112 Å². The van der Waals surface area contributed by atoms with E-state index in [1.165, 1.54) is 57.1 Å². The largest absolute Gasteiger partial charge is 0.313 e. The smallest absolute Gasteiger partial charge is 0.0287 e. The van der Waals surface area contributed by atoms with Gasteiger partial charge in [0.05, 0.1) is 0 Å². The van der Waals surface area contributed by atoms with Crippen LogP contribution >= 0.6 is 11.8 Å². The summed E-state index contributed by atoms with van der Waals surface area (Å²) >= 11 is 2.23. The molecule has 2 aliphatic rings. The molecule has 2 heteroatoms. The number of hydrogen-bond acceptors (Lipinski definition) is 2. The molecule has 0 aromatic rings. The van der Waals surface area contributed by atoms with Crippen LogP contribution in [0.25, 0.3) is 0 Å². The van der Waals surface area contributed by atoms with Crippen LogP contribution in [-0.4, -0.2) is 23.1 Å². The average Bonchev–Trinajstić information content (AvgIpc) is 2.62. The zero-order valence-electron chi connectivity index (χ0n) is 11.6. The number of nitrogens with one attached hydrogen (secondary N) is 1. The highest BCUT2D eigenvalue weighted by Gasteiger charge is 2.41. The monoisotopic (exact) mass is 255 g/mol. The number of thioether (sulfide) groups is 1. The fraction of sp³-hybridized carbons (Fsp3) is 1.00. The van der Waals surface area contributed by atoms with E-state index < -0.39 is 0 Å². The summed E-state index contributed by atoms with van der Waals surface area (Å²) in [5, 5.41) is 3.84. The van der Waals surface area contributed by atoms with Crippen LogP contribution in [0.15, 0.2) is 0 Å². The van der Waals surface area contributed by atoms with Gasteiger partial charge in [0.1, 0.15) is 0 Å². The van der Waals surface area contributed by atoms with Gasteiger partial charge in [-0.3, -0.25) is 0 Å². The fourth-order valence-corrected chi connectivity index (χ4v) is 5.29. The maximum Gasteiger partial charge on any atom is 0.0287 e. The third-order valence-electron chi connectivity index (χ3n) is 4.70. The van der Waals surface area contributed by atoms with Gasteiger partial charge in [0, 0.05) is 10.8 Å². The van der Waals surface area contributed by atoms with Crippen molar-refractivity contribution in [1.29, 1.82) is 0 Å². The molecule has 1 heterocycles. The summed E-state index contributed by atoms with van der Waals surface area (Å²) in [6.07, 6.45) is 11.7. The topological polar surface area (TPSA) is 12.0 Å². The lowest BCUT2D eigenvalue weighted by Gasteiger charge is -2.39. The van der Waals surface area contributed by atoms with Gasteiger partial charge in [-0.05, 0) is 50.8 Å². The van der Waals surface area contributed by atoms with Crippen molar-refractivity contribution in [1.82, 2.24) is 5.32 Å². The van der Waals surface area contributed by atoms with Crippen LogP contribution in [0.1, 0.15) is 65.2 Å². The molecular formula is C15H29NS. The Morgan fingerprint density at radius 1 is 1.18 bits per heavy atom. The van der Waals surface area contributed by atoms with E-state index in [-0.39, 0.29) is 0 Å². The minimum absolute atomic E-state index is 0.519. The second-order valence-corrected chi connectivity index (χ2v) is 7.68. The van der Waals surface area contributed by atoms with E-state index in [1.807, 2.05) is 0 Å². The third-order valence-corrected chi connectivity index (χ3v) is 6.31. The summed E-state index contributed by atoms with van der Waals surface area (Å²) in [5.74, 6) is 2.32. The highest BCUT2D eigenvalue weighted by molar-refractivity contribution is 8.00. The number of rotatable bonds is 4. The Bertz CT molecular complexity index is 215. The first kappa shape index (κ1) is 13.7. The van der Waals surface area contributed by atoms with Crippen molar-refractivity contribution in [3.63, 3.8) is 0 Å². The molecule has 2 atom stereocenters. The standard InChI is InChI=1S/C15H29NS/c1-3-16-14(15(2)11-8-12-17-15)13-9-6-4-5-7-10-13/h13-14,16H,3-12H2,1-2H3. The van der Waals surface area contributed by atoms with Gasteiger partial charge in [-0.15, -0.1) is 0 Å². The van der Waals surface area contributed by atoms with E-state index in [4.69, 9.17) is 0 Å². The lowest BCUT2D eigenvalue weighted by molar-refractivity contribution is 0.268. The molecule has 0 amide bonds. The van der Waals surface area contributed by atoms with E-state index in [0.29, 0.717) is 4.75 Å². The van der Waals surface area contributed by atoms with Crippen LogP contribution in [0.4, 0.5) is 0 Å². The molecule has 1 N–H and O–H groups in total. The van der Waals surface area contributed by atoms with E-state index >= 15 is 0 Å². The Morgan fingerprint density at radius 3 is 2.41 bits per heavy atom. The minimum atomic E-state index is 0.519. The maximum atomic E-state index is 3.84. The van der Waals surface area contributed by atoms with Crippen molar-refractivity contribution in [3.05, 3.63) is 0 Å². The first-order valence-electron chi connectivity index (χ1n) is 7.63. The Balaban J connectivity index is 2.03. The SMILES string of the molecule is CCNC(C1CCCCCC1)C1(C)CCCS1. The molecule has 0 aromatic heterocycles. The van der Waals surface area contributed by atoms with Crippen molar-refractivity contribution in [3.8, 4) is 0 Å². The molecule has 1 nitrogen and oxygen atoms in total. The van der Waals surface area contributed by atoms with Crippen molar-refractivity contribution in [2.24, 2.45) is 5.92 Å². The zero-order valence-corrected chi connectivity index (χ0v) is 12.5. The zero-order chi connectivity index (χ0) is 12.1. The van der Waals surface area contributed by atoms with Crippen LogP contribution in [0.3, 0.4) is 0 Å². The second kappa shape index (κ2) is 6.47. The van der Waals surface area contributed by atoms with Crippen LogP contribution in [0.2, 0.25) is 0 Å². The molecule has 1 saturated heterocycles. The molecule has 1 aliphatic carbocycles. The average molecular weight is 255 g/mol. The fourth-order valence-electron chi connectivity index (χ4n) is 3.79. The molecule has 1 saturated carbocycles. The Kier molecular flexibility index (Phi) is 5.23. The maximum absolute atomic E-state index is 3.84. The Hall–Kier alpha value is 0.310. The van der Waals surface area contributed by atoms with E-state index in [1.54, 1.807) is 0 Å². The molecule has 2 rings (SSSR count). The highest BCUT2D eigenvalue weighted by atomic mass is 32.2. The normalized spacial score (nSPS) is 33.5. The highest BCUT2D eigenvalue weighted by Crippen LogP contribution is 2.44. The molecule has 17 heavy (non-hydrogen) atoms. The van der Waals surface area contributed by atoms with Gasteiger partial charge in [0.2, 0.25) is 0 Å². The molecule has 2 unspecified atom stereocenters. The summed E-state index contributed by atoms with van der Waals surface area (Å²) in [4.78, 5) is 0. The van der Waals surface area contributed by atoms with Crippen LogP contribution in [-0.2, 0) is 0 Å². The van der Waals surface area contributed by atoms with Gasteiger partial charge in [-0.25, -0.2) is 0 Å². The van der Waals surface area contributed by atoms with E-state index in [2.05, 4.69) is 30.9 Å². The van der Waals surface area contributed by atoms with Crippen molar-refractivity contribution >= 4 is 11.8 Å². The van der Waals surface area contributed by atoms with Gasteiger partial charge in [-0.1, -0.05) is 32.6 Å². The van der Waals surface area contributed by atoms with Gasteiger partial charge in [0.15, 0.2) is 0 Å². The van der Waals surface area contributed by atoms with Gasteiger partial charge in [0.25, 0.3) is 0 Å². The minimum Gasteiger partial charge on any atom is -0.313 e. The Morgan fingerprint density at radius 2 is 1.88 bits per heavy atom. The summed E-state index contributed by atoms with van der Waals surface area (Å²) in [5.41, 5.74) is 0. The number of hydrogen-bond donors (Lipinski definition) is 1. The lowest BCUT2D eigenvalue weighted by atomic mass is 9.82. The molecule has 2 fully saturated rings. The quantitative estimate of drug-likeness (QED) is 0.755. The molecular weight excluding hydrogens is 226 g/mol. The van der Waals surface area contributed by atoms with E-state index in [0.717, 1.165) is 18.5 Å². The third kappa shape index (κ3) is 3.41. The summed E-state index contributed by atoms with van der Waals surface area (Å²) < 4.78 is 0.519. The molecule has 0 spiro atoms. The predicted molar refractivity (Wildman–Crippen MR) is 78.8 cm³/mol. The lowest BCUT2D eigenvalue weighted by Crippen LogP contribution is -2.50. The summed E-state index contributed by atoms with van der Waals surface area (Å²) in [6.45, 7) is 5.92. The second-order valence-electron chi connectivity index (χ2n) is 6.05.